The van der Waals surface area contributed by atoms with Crippen molar-refractivity contribution in [3.05, 3.63) is 106 Å². The van der Waals surface area contributed by atoms with Gasteiger partial charge in [0.25, 0.3) is 11.8 Å². The Hall–Kier alpha value is -5.19. The number of anilines is 1. The number of nitrogens with zero attached hydrogens (tertiary/aromatic N) is 2. The molecule has 0 fully saturated rings. The molecule has 2 aliphatic rings. The van der Waals surface area contributed by atoms with E-state index in [0.717, 1.165) is 39.0 Å². The van der Waals surface area contributed by atoms with E-state index in [1.54, 1.807) is 19.1 Å². The van der Waals surface area contributed by atoms with E-state index in [-0.39, 0.29) is 29.1 Å². The predicted molar refractivity (Wildman–Crippen MR) is 154 cm³/mol. The second-order valence-electron chi connectivity index (χ2n) is 10.3. The second kappa shape index (κ2) is 11.4. The average Bonchev–Trinajstić information content (AvgIpc) is 3.52. The number of carboxylic acids is 1. The van der Waals surface area contributed by atoms with Crippen molar-refractivity contribution in [2.24, 2.45) is 0 Å². The van der Waals surface area contributed by atoms with E-state index in [4.69, 9.17) is 4.74 Å². The number of nitrogens with one attached hydrogen (secondary N) is 3. The monoisotopic (exact) mass is 571 g/mol. The summed E-state index contributed by atoms with van der Waals surface area (Å²) in [6.45, 7) is 11.5. The fourth-order valence-electron chi connectivity index (χ4n) is 5.18. The molecular formula is C31H30FN5O5. The van der Waals surface area contributed by atoms with Gasteiger partial charge in [0.15, 0.2) is 5.82 Å². The Morgan fingerprint density at radius 2 is 2.02 bits per heavy atom. The van der Waals surface area contributed by atoms with Crippen LogP contribution < -0.4 is 20.7 Å². The van der Waals surface area contributed by atoms with Crippen molar-refractivity contribution >= 4 is 29.2 Å². The molecular weight excluding hydrogens is 541 g/mol. The van der Waals surface area contributed by atoms with Gasteiger partial charge in [-0.3, -0.25) is 9.59 Å². The number of hydrogen-bond donors (Lipinski definition) is 4. The van der Waals surface area contributed by atoms with Crippen LogP contribution in [0.3, 0.4) is 0 Å². The first-order valence-corrected chi connectivity index (χ1v) is 13.3. The minimum Gasteiger partial charge on any atom is -0.485 e. The van der Waals surface area contributed by atoms with Crippen molar-refractivity contribution in [3.8, 4) is 5.75 Å². The molecule has 216 valence electrons. The first-order chi connectivity index (χ1) is 20.0. The molecule has 1 aromatic heterocycles. The normalized spacial score (nSPS) is 15.6. The van der Waals surface area contributed by atoms with Gasteiger partial charge in [0.2, 0.25) is 0 Å². The highest BCUT2D eigenvalue weighted by Crippen LogP contribution is 2.35. The summed E-state index contributed by atoms with van der Waals surface area (Å²) in [7, 11) is 0. The molecule has 0 spiro atoms. The predicted octanol–water partition coefficient (Wildman–Crippen LogP) is 4.17. The number of halogens is 1. The third-order valence-electron chi connectivity index (χ3n) is 7.45. The number of hydrogen-bond acceptors (Lipinski definition) is 6. The van der Waals surface area contributed by atoms with Crippen LogP contribution in [-0.4, -0.2) is 39.3 Å². The number of aromatic carboxylic acids is 1. The number of fused-ring (bicyclic) bond motifs is 2. The van der Waals surface area contributed by atoms with E-state index in [1.807, 2.05) is 12.1 Å². The van der Waals surface area contributed by atoms with Crippen LogP contribution in [0, 0.1) is 19.7 Å². The second-order valence-corrected chi connectivity index (χ2v) is 10.3. The highest BCUT2D eigenvalue weighted by atomic mass is 19.1. The van der Waals surface area contributed by atoms with E-state index in [0.29, 0.717) is 30.8 Å². The number of benzene rings is 2. The number of ether oxygens (including phenoxy) is 1. The molecule has 2 amide bonds. The molecule has 42 heavy (non-hydrogen) atoms. The maximum absolute atomic E-state index is 14.2. The topological polar surface area (TPSA) is 135 Å². The largest absolute Gasteiger partial charge is 0.485 e. The van der Waals surface area contributed by atoms with Crippen LogP contribution in [0.1, 0.15) is 50.8 Å². The number of carboxylic acid groups (broad SMARTS) is 1. The van der Waals surface area contributed by atoms with Crippen molar-refractivity contribution in [1.29, 1.82) is 0 Å². The van der Waals surface area contributed by atoms with Crippen molar-refractivity contribution in [1.82, 2.24) is 20.4 Å². The van der Waals surface area contributed by atoms with E-state index in [1.165, 1.54) is 19.1 Å². The average molecular weight is 572 g/mol. The fraction of sp³-hybridized carbons (Fsp3) is 0.226. The molecule has 2 heterocycles. The summed E-state index contributed by atoms with van der Waals surface area (Å²) in [5.74, 6) is -2.05. The standard InChI is InChI=1S/C31H30FN5O5/c1-16(29(38)33-13-20-5-10-28-26(12-20)35-17(2)15-42-28)11-27(37-19(4)24(32)14-34-37)30(39)36-25-9-8-21-18(3)22(31(40)41)6-7-23(21)25/h5-7,10-12,14,25,35H,1-2,8-9,13,15H2,3-4H3,(H,33,38)(H,36,39)(H,40,41)/b27-11-. The van der Waals surface area contributed by atoms with Crippen LogP contribution in [0.15, 0.2) is 67.0 Å². The van der Waals surface area contributed by atoms with Crippen LogP contribution in [-0.2, 0) is 22.6 Å². The lowest BCUT2D eigenvalue weighted by Crippen LogP contribution is -2.31. The lowest BCUT2D eigenvalue weighted by atomic mass is 9.98. The Bertz CT molecular complexity index is 1690. The maximum Gasteiger partial charge on any atom is 0.335 e. The molecule has 0 saturated carbocycles. The molecule has 3 aromatic rings. The molecule has 2 aromatic carbocycles. The van der Waals surface area contributed by atoms with Gasteiger partial charge in [-0.1, -0.05) is 25.3 Å². The van der Waals surface area contributed by atoms with Crippen molar-refractivity contribution in [2.75, 3.05) is 11.9 Å². The Morgan fingerprint density at radius 3 is 2.74 bits per heavy atom. The molecule has 1 aliphatic carbocycles. The molecule has 10 nitrogen and oxygen atoms in total. The van der Waals surface area contributed by atoms with E-state index >= 15 is 0 Å². The van der Waals surface area contributed by atoms with E-state index in [2.05, 4.69) is 34.2 Å². The van der Waals surface area contributed by atoms with Gasteiger partial charge in [-0.2, -0.15) is 5.10 Å². The third-order valence-corrected chi connectivity index (χ3v) is 7.45. The molecule has 4 N–H and O–H groups in total. The molecule has 0 radical (unpaired) electrons. The van der Waals surface area contributed by atoms with E-state index < -0.39 is 29.6 Å². The van der Waals surface area contributed by atoms with Gasteiger partial charge in [-0.05, 0) is 73.2 Å². The minimum atomic E-state index is -1.01. The van der Waals surface area contributed by atoms with Gasteiger partial charge in [-0.15, -0.1) is 0 Å². The molecule has 1 atom stereocenters. The highest BCUT2D eigenvalue weighted by Gasteiger charge is 2.29. The zero-order valence-electron chi connectivity index (χ0n) is 23.2. The van der Waals surface area contributed by atoms with Crippen LogP contribution in [0.5, 0.6) is 5.75 Å². The zero-order chi connectivity index (χ0) is 30.1. The minimum absolute atomic E-state index is 0.0305. The Labute approximate surface area is 241 Å². The highest BCUT2D eigenvalue weighted by molar-refractivity contribution is 6.16. The number of aromatic nitrogens is 2. The third kappa shape index (κ3) is 5.53. The van der Waals surface area contributed by atoms with Gasteiger partial charge >= 0.3 is 5.97 Å². The summed E-state index contributed by atoms with van der Waals surface area (Å²) in [5, 5.41) is 22.3. The summed E-state index contributed by atoms with van der Waals surface area (Å²) in [5.41, 5.74) is 4.82. The molecule has 5 rings (SSSR count). The molecule has 11 heteroatoms. The van der Waals surface area contributed by atoms with Crippen LogP contribution in [0.25, 0.3) is 5.70 Å². The quantitative estimate of drug-likeness (QED) is 0.236. The Morgan fingerprint density at radius 1 is 1.24 bits per heavy atom. The summed E-state index contributed by atoms with van der Waals surface area (Å²) in [6, 6.07) is 8.29. The molecule has 1 unspecified atom stereocenters. The molecule has 0 saturated heterocycles. The van der Waals surface area contributed by atoms with Gasteiger partial charge in [0.1, 0.15) is 18.1 Å². The summed E-state index contributed by atoms with van der Waals surface area (Å²) >= 11 is 0. The van der Waals surface area contributed by atoms with Crippen molar-refractivity contribution in [2.45, 2.75) is 39.3 Å². The Kier molecular flexibility index (Phi) is 7.66. The van der Waals surface area contributed by atoms with Crippen LogP contribution in [0.2, 0.25) is 0 Å². The van der Waals surface area contributed by atoms with Gasteiger partial charge in [-0.25, -0.2) is 13.9 Å². The smallest absolute Gasteiger partial charge is 0.335 e. The summed E-state index contributed by atoms with van der Waals surface area (Å²) in [4.78, 5) is 38.1. The molecule has 0 bridgehead atoms. The first-order valence-electron chi connectivity index (χ1n) is 13.3. The van der Waals surface area contributed by atoms with Crippen LogP contribution in [0.4, 0.5) is 10.1 Å². The van der Waals surface area contributed by atoms with E-state index in [9.17, 15) is 23.9 Å². The first kappa shape index (κ1) is 28.3. The maximum atomic E-state index is 14.2. The number of amides is 2. The van der Waals surface area contributed by atoms with Gasteiger partial charge in [0.05, 0.1) is 29.2 Å². The number of rotatable bonds is 8. The van der Waals surface area contributed by atoms with Crippen molar-refractivity contribution < 1.29 is 28.6 Å². The summed E-state index contributed by atoms with van der Waals surface area (Å²) < 4.78 is 21.0. The lowest BCUT2D eigenvalue weighted by molar-refractivity contribution is -0.117. The van der Waals surface area contributed by atoms with Gasteiger partial charge in [0, 0.05) is 17.8 Å². The number of carbonyl (C=O) groups excluding carboxylic acids is 2. The van der Waals surface area contributed by atoms with Gasteiger partial charge < -0.3 is 25.8 Å². The van der Waals surface area contributed by atoms with Crippen molar-refractivity contribution in [3.63, 3.8) is 0 Å². The zero-order valence-corrected chi connectivity index (χ0v) is 23.2. The Balaban J connectivity index is 1.34. The summed E-state index contributed by atoms with van der Waals surface area (Å²) in [6.07, 6.45) is 3.41. The fourth-order valence-corrected chi connectivity index (χ4v) is 5.18. The van der Waals surface area contributed by atoms with Crippen LogP contribution >= 0.6 is 0 Å². The molecule has 1 aliphatic heterocycles. The lowest BCUT2D eigenvalue weighted by Gasteiger charge is -2.21. The number of carbonyl (C=O) groups is 3. The SMILES string of the molecule is C=C1COc2ccc(CNC(=O)C(=C)/C=C(/C(=O)NC3CCc4c3ccc(C(=O)O)c4C)n3ncc(F)c3C)cc2N1.